The maximum atomic E-state index is 6.55. The Kier molecular flexibility index (Phi) is 7.64. The monoisotopic (exact) mass is 733 g/mol. The molecule has 262 valence electrons. The van der Waals surface area contributed by atoms with E-state index in [1.165, 1.54) is 36.9 Å². The Balaban J connectivity index is 1.08. The highest BCUT2D eigenvalue weighted by molar-refractivity contribution is 7.26. The lowest BCUT2D eigenvalue weighted by molar-refractivity contribution is 0.669. The Hall–Kier alpha value is -7.21. The number of hydrogen-bond acceptors (Lipinski definition) is 5. The first kappa shape index (κ1) is 32.2. The molecule has 0 spiro atoms. The predicted octanol–water partition coefficient (Wildman–Crippen LogP) is 14.1. The van der Waals surface area contributed by atoms with E-state index in [0.717, 1.165) is 55.3 Å². The first-order valence-electron chi connectivity index (χ1n) is 18.7. The fourth-order valence-electron chi connectivity index (χ4n) is 7.84. The van der Waals surface area contributed by atoms with Crippen LogP contribution in [0.1, 0.15) is 0 Å². The molecule has 0 bridgehead atoms. The second-order valence-corrected chi connectivity index (χ2v) is 15.0. The van der Waals surface area contributed by atoms with Crippen LogP contribution < -0.4 is 0 Å². The molecule has 0 amide bonds. The summed E-state index contributed by atoms with van der Waals surface area (Å²) in [6.45, 7) is 0. The lowest BCUT2D eigenvalue weighted by atomic mass is 9.94. The van der Waals surface area contributed by atoms with Crippen LogP contribution in [-0.2, 0) is 0 Å². The number of aromatic nitrogens is 3. The molecule has 0 radical (unpaired) electrons. The van der Waals surface area contributed by atoms with Crippen LogP contribution in [0.5, 0.6) is 0 Å². The van der Waals surface area contributed by atoms with Crippen LogP contribution in [0.25, 0.3) is 110 Å². The van der Waals surface area contributed by atoms with E-state index in [9.17, 15) is 0 Å². The zero-order valence-electron chi connectivity index (χ0n) is 30.1. The Morgan fingerprint density at radius 2 is 0.911 bits per heavy atom. The van der Waals surface area contributed by atoms with Gasteiger partial charge in [-0.05, 0) is 70.3 Å². The minimum atomic E-state index is 0.622. The quantitative estimate of drug-likeness (QED) is 0.171. The number of nitrogens with zero attached hydrogens (tertiary/aromatic N) is 3. The third kappa shape index (κ3) is 5.56. The van der Waals surface area contributed by atoms with E-state index in [4.69, 9.17) is 19.4 Å². The molecule has 8 aromatic carbocycles. The van der Waals surface area contributed by atoms with Crippen molar-refractivity contribution in [3.8, 4) is 67.5 Å². The van der Waals surface area contributed by atoms with Gasteiger partial charge in [0.1, 0.15) is 11.2 Å². The minimum Gasteiger partial charge on any atom is -0.456 e. The van der Waals surface area contributed by atoms with Crippen LogP contribution in [0.3, 0.4) is 0 Å². The molecule has 0 atom stereocenters. The van der Waals surface area contributed by atoms with Gasteiger partial charge in [-0.25, -0.2) is 15.0 Å². The van der Waals surface area contributed by atoms with E-state index in [1.807, 2.05) is 72.0 Å². The maximum absolute atomic E-state index is 6.55. The topological polar surface area (TPSA) is 51.8 Å². The molecule has 0 N–H and O–H groups in total. The number of fused-ring (bicyclic) bond motifs is 6. The highest BCUT2D eigenvalue weighted by atomic mass is 32.1. The average molecular weight is 734 g/mol. The van der Waals surface area contributed by atoms with Crippen LogP contribution >= 0.6 is 11.3 Å². The summed E-state index contributed by atoms with van der Waals surface area (Å²) in [6.07, 6.45) is 0. The van der Waals surface area contributed by atoms with Crippen molar-refractivity contribution in [1.29, 1.82) is 0 Å². The van der Waals surface area contributed by atoms with Gasteiger partial charge in [0.05, 0.1) is 0 Å². The van der Waals surface area contributed by atoms with Crippen LogP contribution in [0.4, 0.5) is 0 Å². The SMILES string of the molecule is c1ccc(-c2cc(-c3ccc4oc5cccc(-c6cccc(-c7nc(-c8ccccc8)nc(-c8ccccc8)n7)c6)c5c4c3)c3sc4ccccc4c3c2)cc1. The summed E-state index contributed by atoms with van der Waals surface area (Å²) in [5.74, 6) is 1.90. The molecule has 0 fully saturated rings. The van der Waals surface area contributed by atoms with Gasteiger partial charge in [-0.15, -0.1) is 11.3 Å². The number of furan rings is 1. The summed E-state index contributed by atoms with van der Waals surface area (Å²) in [4.78, 5) is 14.9. The molecule has 4 nitrogen and oxygen atoms in total. The summed E-state index contributed by atoms with van der Waals surface area (Å²) in [5, 5.41) is 4.73. The van der Waals surface area contributed by atoms with Crippen molar-refractivity contribution < 1.29 is 4.42 Å². The molecule has 11 rings (SSSR count). The highest BCUT2D eigenvalue weighted by Gasteiger charge is 2.19. The number of thiophene rings is 1. The molecule has 3 aromatic heterocycles. The van der Waals surface area contributed by atoms with Gasteiger partial charge >= 0.3 is 0 Å². The highest BCUT2D eigenvalue weighted by Crippen LogP contribution is 2.45. The van der Waals surface area contributed by atoms with E-state index >= 15 is 0 Å². The van der Waals surface area contributed by atoms with Crippen molar-refractivity contribution >= 4 is 53.4 Å². The Morgan fingerprint density at radius 3 is 1.64 bits per heavy atom. The number of hydrogen-bond donors (Lipinski definition) is 0. The summed E-state index contributed by atoms with van der Waals surface area (Å²) in [7, 11) is 0. The van der Waals surface area contributed by atoms with Crippen LogP contribution in [0.2, 0.25) is 0 Å². The van der Waals surface area contributed by atoms with Gasteiger partial charge in [-0.2, -0.15) is 0 Å². The van der Waals surface area contributed by atoms with Gasteiger partial charge in [0.25, 0.3) is 0 Å². The van der Waals surface area contributed by atoms with Crippen molar-refractivity contribution in [2.24, 2.45) is 0 Å². The van der Waals surface area contributed by atoms with Crippen molar-refractivity contribution in [3.05, 3.63) is 188 Å². The average Bonchev–Trinajstić information content (AvgIpc) is 3.85. The Bertz CT molecular complexity index is 3180. The van der Waals surface area contributed by atoms with E-state index in [1.54, 1.807) is 0 Å². The predicted molar refractivity (Wildman–Crippen MR) is 233 cm³/mol. The van der Waals surface area contributed by atoms with Crippen LogP contribution in [-0.4, -0.2) is 15.0 Å². The summed E-state index contributed by atoms with van der Waals surface area (Å²) >= 11 is 1.86. The summed E-state index contributed by atoms with van der Waals surface area (Å²) in [6, 6.07) is 65.7. The van der Waals surface area contributed by atoms with Crippen molar-refractivity contribution in [1.82, 2.24) is 15.0 Å². The second-order valence-electron chi connectivity index (χ2n) is 14.0. The minimum absolute atomic E-state index is 0.622. The first-order chi connectivity index (χ1) is 27.7. The maximum Gasteiger partial charge on any atom is 0.164 e. The first-order valence-corrected chi connectivity index (χ1v) is 19.5. The summed E-state index contributed by atoms with van der Waals surface area (Å²) in [5.41, 5.74) is 11.4. The lowest BCUT2D eigenvalue weighted by Gasteiger charge is -2.11. The smallest absolute Gasteiger partial charge is 0.164 e. The normalized spacial score (nSPS) is 11.6. The van der Waals surface area contributed by atoms with Crippen molar-refractivity contribution in [2.75, 3.05) is 0 Å². The molecular formula is C51H31N3OS. The number of rotatable bonds is 6. The standard InChI is InChI=1S/C51H31N3OS/c1-4-14-32(15-5-1)38-30-41(48-42(31-38)40-22-10-11-25-46(40)56-48)36-26-27-44-43(29-36)47-39(23-13-24-45(47)55-44)35-20-12-21-37(28-35)51-53-49(33-16-6-2-7-17-33)52-50(54-51)34-18-8-3-9-19-34/h1-31H. The lowest BCUT2D eigenvalue weighted by Crippen LogP contribution is -2.00. The van der Waals surface area contributed by atoms with E-state index < -0.39 is 0 Å². The van der Waals surface area contributed by atoms with Gasteiger partial charge in [0.15, 0.2) is 17.5 Å². The summed E-state index contributed by atoms with van der Waals surface area (Å²) < 4.78 is 9.12. The molecule has 3 heterocycles. The molecule has 11 aromatic rings. The molecular weight excluding hydrogens is 703 g/mol. The van der Waals surface area contributed by atoms with E-state index in [-0.39, 0.29) is 0 Å². The molecule has 0 saturated carbocycles. The molecule has 0 saturated heterocycles. The fraction of sp³-hybridized carbons (Fsp3) is 0. The zero-order chi connectivity index (χ0) is 37.0. The molecule has 56 heavy (non-hydrogen) atoms. The molecule has 0 unspecified atom stereocenters. The number of benzene rings is 8. The zero-order valence-corrected chi connectivity index (χ0v) is 30.9. The van der Waals surface area contributed by atoms with Crippen LogP contribution in [0, 0.1) is 0 Å². The second kappa shape index (κ2) is 13.3. The largest absolute Gasteiger partial charge is 0.456 e. The third-order valence-electron chi connectivity index (χ3n) is 10.5. The van der Waals surface area contributed by atoms with Gasteiger partial charge < -0.3 is 4.42 Å². The van der Waals surface area contributed by atoms with Gasteiger partial charge in [-0.1, -0.05) is 146 Å². The van der Waals surface area contributed by atoms with Gasteiger partial charge in [0.2, 0.25) is 0 Å². The fourth-order valence-corrected chi connectivity index (χ4v) is 9.06. The van der Waals surface area contributed by atoms with E-state index in [0.29, 0.717) is 17.5 Å². The third-order valence-corrected chi connectivity index (χ3v) is 11.7. The van der Waals surface area contributed by atoms with Crippen molar-refractivity contribution in [3.63, 3.8) is 0 Å². The van der Waals surface area contributed by atoms with Gasteiger partial charge in [0, 0.05) is 53.2 Å². The van der Waals surface area contributed by atoms with Gasteiger partial charge in [-0.3, -0.25) is 0 Å². The molecule has 0 aliphatic heterocycles. The van der Waals surface area contributed by atoms with E-state index in [2.05, 4.69) is 127 Å². The van der Waals surface area contributed by atoms with Crippen molar-refractivity contribution in [2.45, 2.75) is 0 Å². The molecule has 0 aliphatic carbocycles. The Labute approximate surface area is 327 Å². The Morgan fingerprint density at radius 1 is 0.339 bits per heavy atom. The molecule has 5 heteroatoms. The van der Waals surface area contributed by atoms with Crippen LogP contribution in [0.15, 0.2) is 192 Å². The molecule has 0 aliphatic rings.